The van der Waals surface area contributed by atoms with Gasteiger partial charge in [-0.25, -0.2) is 0 Å². The number of carbonyl (C=O) groups excluding carboxylic acids is 1. The molecule has 15 heavy (non-hydrogen) atoms. The Bertz CT molecular complexity index is 219. The van der Waals surface area contributed by atoms with Gasteiger partial charge in [-0.1, -0.05) is 13.8 Å². The molecule has 2 unspecified atom stereocenters. The lowest BCUT2D eigenvalue weighted by Crippen LogP contribution is -2.35. The lowest BCUT2D eigenvalue weighted by molar-refractivity contribution is -0.124. The number of amides is 1. The summed E-state index contributed by atoms with van der Waals surface area (Å²) in [5, 5.41) is 12.4. The lowest BCUT2D eigenvalue weighted by Gasteiger charge is -2.22. The summed E-state index contributed by atoms with van der Waals surface area (Å²) in [5.41, 5.74) is 0. The van der Waals surface area contributed by atoms with Crippen LogP contribution in [-0.4, -0.2) is 48.7 Å². The molecule has 1 heterocycles. The maximum absolute atomic E-state index is 11.4. The van der Waals surface area contributed by atoms with E-state index < -0.39 is 0 Å². The van der Waals surface area contributed by atoms with E-state index in [1.165, 1.54) is 0 Å². The molecule has 4 heteroatoms. The first-order chi connectivity index (χ1) is 7.04. The molecule has 0 bridgehead atoms. The van der Waals surface area contributed by atoms with Crippen LogP contribution >= 0.6 is 0 Å². The van der Waals surface area contributed by atoms with Crippen LogP contribution in [0, 0.1) is 11.8 Å². The molecule has 88 valence electrons. The molecule has 0 spiro atoms. The van der Waals surface area contributed by atoms with Gasteiger partial charge in [0.25, 0.3) is 0 Å². The fourth-order valence-corrected chi connectivity index (χ4v) is 1.89. The average molecular weight is 214 g/mol. The predicted octanol–water partition coefficient (Wildman–Crippen LogP) is 0.0712. The Morgan fingerprint density at radius 1 is 1.60 bits per heavy atom. The molecule has 0 aromatic heterocycles. The first-order valence-corrected chi connectivity index (χ1v) is 5.66. The van der Waals surface area contributed by atoms with Crippen molar-refractivity contribution in [1.82, 2.24) is 10.2 Å². The predicted molar refractivity (Wildman–Crippen MR) is 59.5 cm³/mol. The monoisotopic (exact) mass is 214 g/mol. The summed E-state index contributed by atoms with van der Waals surface area (Å²) in [6.07, 6.45) is 0.623. The second kappa shape index (κ2) is 5.47. The average Bonchev–Trinajstić information content (AvgIpc) is 2.65. The maximum atomic E-state index is 11.4. The van der Waals surface area contributed by atoms with Crippen molar-refractivity contribution in [2.75, 3.05) is 26.7 Å². The molecule has 0 aromatic carbocycles. The summed E-state index contributed by atoms with van der Waals surface area (Å²) >= 11 is 0. The van der Waals surface area contributed by atoms with Gasteiger partial charge < -0.3 is 10.4 Å². The van der Waals surface area contributed by atoms with E-state index in [1.807, 2.05) is 13.8 Å². The molecule has 1 aliphatic heterocycles. The molecule has 4 nitrogen and oxygen atoms in total. The molecule has 1 rings (SSSR count). The van der Waals surface area contributed by atoms with Gasteiger partial charge in [0.05, 0.1) is 12.0 Å². The number of hydrogen-bond acceptors (Lipinski definition) is 3. The molecule has 1 fully saturated rings. The number of β-amino-alcohol motifs (C(OH)–C–C–N with tert-alkyl or cyclic N) is 1. The zero-order valence-corrected chi connectivity index (χ0v) is 9.86. The topological polar surface area (TPSA) is 52.6 Å². The van der Waals surface area contributed by atoms with Gasteiger partial charge >= 0.3 is 0 Å². The molecular weight excluding hydrogens is 192 g/mol. The number of aliphatic hydroxyl groups is 1. The van der Waals surface area contributed by atoms with Crippen LogP contribution in [0.25, 0.3) is 0 Å². The van der Waals surface area contributed by atoms with E-state index in [1.54, 1.807) is 7.05 Å². The number of aliphatic hydroxyl groups excluding tert-OH is 1. The Labute approximate surface area is 91.6 Å². The van der Waals surface area contributed by atoms with Crippen LogP contribution in [0.3, 0.4) is 0 Å². The highest BCUT2D eigenvalue weighted by molar-refractivity contribution is 5.78. The minimum Gasteiger partial charge on any atom is -0.392 e. The normalized spacial score (nSPS) is 24.5. The first-order valence-electron chi connectivity index (χ1n) is 5.66. The van der Waals surface area contributed by atoms with E-state index in [0.29, 0.717) is 6.54 Å². The van der Waals surface area contributed by atoms with Gasteiger partial charge in [-0.2, -0.15) is 0 Å². The summed E-state index contributed by atoms with van der Waals surface area (Å²) in [7, 11) is 1.67. The van der Waals surface area contributed by atoms with Crippen LogP contribution in [0.4, 0.5) is 0 Å². The van der Waals surface area contributed by atoms with Crippen LogP contribution in [0.5, 0.6) is 0 Å². The molecule has 0 saturated carbocycles. The number of rotatable bonds is 4. The SMILES string of the molecule is CNC(=O)C1CCN(CC(O)C(C)C)C1. The standard InChI is InChI=1S/C11H22N2O2/c1-8(2)10(14)7-13-5-4-9(6-13)11(15)12-3/h8-10,14H,4-7H2,1-3H3,(H,12,15). The van der Waals surface area contributed by atoms with Crippen LogP contribution in [0.1, 0.15) is 20.3 Å². The minimum absolute atomic E-state index is 0.106. The third-order valence-electron chi connectivity index (χ3n) is 3.10. The van der Waals surface area contributed by atoms with Crippen molar-refractivity contribution in [1.29, 1.82) is 0 Å². The van der Waals surface area contributed by atoms with Gasteiger partial charge in [0.15, 0.2) is 0 Å². The third kappa shape index (κ3) is 3.47. The molecule has 1 amide bonds. The van der Waals surface area contributed by atoms with Crippen LogP contribution in [0.2, 0.25) is 0 Å². The first kappa shape index (κ1) is 12.5. The largest absolute Gasteiger partial charge is 0.392 e. The molecule has 0 radical (unpaired) electrons. The van der Waals surface area contributed by atoms with Gasteiger partial charge in [-0.3, -0.25) is 9.69 Å². The quantitative estimate of drug-likeness (QED) is 0.696. The van der Waals surface area contributed by atoms with Crippen molar-refractivity contribution in [3.05, 3.63) is 0 Å². The number of carbonyl (C=O) groups is 1. The highest BCUT2D eigenvalue weighted by Gasteiger charge is 2.28. The number of hydrogen-bond donors (Lipinski definition) is 2. The van der Waals surface area contributed by atoms with E-state index in [9.17, 15) is 9.90 Å². The Balaban J connectivity index is 2.33. The van der Waals surface area contributed by atoms with E-state index in [4.69, 9.17) is 0 Å². The van der Waals surface area contributed by atoms with E-state index in [-0.39, 0.29) is 23.8 Å². The molecule has 0 aliphatic carbocycles. The van der Waals surface area contributed by atoms with Crippen molar-refractivity contribution in [3.63, 3.8) is 0 Å². The Morgan fingerprint density at radius 3 is 2.80 bits per heavy atom. The highest BCUT2D eigenvalue weighted by Crippen LogP contribution is 2.17. The van der Waals surface area contributed by atoms with Crippen LogP contribution < -0.4 is 5.32 Å². The van der Waals surface area contributed by atoms with Crippen molar-refractivity contribution >= 4 is 5.91 Å². The Morgan fingerprint density at radius 2 is 2.27 bits per heavy atom. The minimum atomic E-state index is -0.284. The van der Waals surface area contributed by atoms with Gasteiger partial charge in [0, 0.05) is 20.1 Å². The molecule has 2 N–H and O–H groups in total. The number of nitrogens with one attached hydrogen (secondary N) is 1. The summed E-state index contributed by atoms with van der Waals surface area (Å²) < 4.78 is 0. The fourth-order valence-electron chi connectivity index (χ4n) is 1.89. The summed E-state index contributed by atoms with van der Waals surface area (Å²) in [4.78, 5) is 13.6. The zero-order chi connectivity index (χ0) is 11.4. The summed E-state index contributed by atoms with van der Waals surface area (Å²) in [5.74, 6) is 0.509. The molecular formula is C11H22N2O2. The van der Waals surface area contributed by atoms with Gasteiger partial charge in [0.2, 0.25) is 5.91 Å². The molecule has 1 saturated heterocycles. The summed E-state index contributed by atoms with van der Waals surface area (Å²) in [6.45, 7) is 6.41. The van der Waals surface area contributed by atoms with Crippen molar-refractivity contribution < 1.29 is 9.90 Å². The highest BCUT2D eigenvalue weighted by atomic mass is 16.3. The van der Waals surface area contributed by atoms with E-state index in [2.05, 4.69) is 10.2 Å². The smallest absolute Gasteiger partial charge is 0.224 e. The number of likely N-dealkylation sites (tertiary alicyclic amines) is 1. The fraction of sp³-hybridized carbons (Fsp3) is 0.909. The third-order valence-corrected chi connectivity index (χ3v) is 3.10. The van der Waals surface area contributed by atoms with E-state index >= 15 is 0 Å². The van der Waals surface area contributed by atoms with Crippen LogP contribution in [-0.2, 0) is 4.79 Å². The van der Waals surface area contributed by atoms with Crippen molar-refractivity contribution in [2.45, 2.75) is 26.4 Å². The molecule has 0 aromatic rings. The van der Waals surface area contributed by atoms with Crippen LogP contribution in [0.15, 0.2) is 0 Å². The number of nitrogens with zero attached hydrogens (tertiary/aromatic N) is 1. The van der Waals surface area contributed by atoms with Gasteiger partial charge in [-0.05, 0) is 18.9 Å². The van der Waals surface area contributed by atoms with Crippen molar-refractivity contribution in [3.8, 4) is 0 Å². The van der Waals surface area contributed by atoms with E-state index in [0.717, 1.165) is 19.5 Å². The Hall–Kier alpha value is -0.610. The Kier molecular flexibility index (Phi) is 4.54. The second-order valence-electron chi connectivity index (χ2n) is 4.67. The maximum Gasteiger partial charge on any atom is 0.224 e. The molecule has 2 atom stereocenters. The molecule has 1 aliphatic rings. The summed E-state index contributed by atoms with van der Waals surface area (Å²) in [6, 6.07) is 0. The van der Waals surface area contributed by atoms with Gasteiger partial charge in [-0.15, -0.1) is 0 Å². The lowest BCUT2D eigenvalue weighted by atomic mass is 10.1. The van der Waals surface area contributed by atoms with Crippen molar-refractivity contribution in [2.24, 2.45) is 11.8 Å². The van der Waals surface area contributed by atoms with Gasteiger partial charge in [0.1, 0.15) is 0 Å². The zero-order valence-electron chi connectivity index (χ0n) is 9.86. The second-order valence-corrected chi connectivity index (χ2v) is 4.67.